The standard InChI is InChI=1S/C10H7F3N2O2S/c11-10(12,13)17-7-3-1-6(2-4-7)9-14-8(5-16)18-15-9/h1-4,16H,5H2. The van der Waals surface area contributed by atoms with Crippen molar-refractivity contribution < 1.29 is 23.0 Å². The molecule has 0 aliphatic rings. The van der Waals surface area contributed by atoms with Gasteiger partial charge in [0.2, 0.25) is 0 Å². The molecule has 4 nitrogen and oxygen atoms in total. The fraction of sp³-hybridized carbons (Fsp3) is 0.200. The zero-order chi connectivity index (χ0) is 13.2. The molecule has 2 rings (SSSR count). The van der Waals surface area contributed by atoms with Crippen LogP contribution >= 0.6 is 11.5 Å². The van der Waals surface area contributed by atoms with E-state index in [1.807, 2.05) is 0 Å². The van der Waals surface area contributed by atoms with Crippen LogP contribution in [0.5, 0.6) is 5.75 Å². The first kappa shape index (κ1) is 12.8. The van der Waals surface area contributed by atoms with Crippen molar-refractivity contribution in [1.29, 1.82) is 0 Å². The average molecular weight is 276 g/mol. The average Bonchev–Trinajstić information content (AvgIpc) is 2.76. The molecule has 0 spiro atoms. The van der Waals surface area contributed by atoms with Crippen molar-refractivity contribution in [1.82, 2.24) is 9.36 Å². The summed E-state index contributed by atoms with van der Waals surface area (Å²) in [4.78, 5) is 4.00. The lowest BCUT2D eigenvalue weighted by Gasteiger charge is -2.08. The number of aromatic nitrogens is 2. The number of aliphatic hydroxyl groups excluding tert-OH is 1. The van der Waals surface area contributed by atoms with Crippen molar-refractivity contribution in [2.75, 3.05) is 0 Å². The van der Waals surface area contributed by atoms with Gasteiger partial charge in [-0.05, 0) is 35.8 Å². The van der Waals surface area contributed by atoms with Gasteiger partial charge in [-0.2, -0.15) is 4.37 Å². The molecular weight excluding hydrogens is 269 g/mol. The number of hydrogen-bond donors (Lipinski definition) is 1. The number of alkyl halides is 3. The third-order valence-electron chi connectivity index (χ3n) is 1.95. The molecule has 0 saturated heterocycles. The summed E-state index contributed by atoms with van der Waals surface area (Å²) in [5.41, 5.74) is 0.556. The maximum atomic E-state index is 11.9. The molecule has 96 valence electrons. The van der Waals surface area contributed by atoms with Crippen molar-refractivity contribution >= 4 is 11.5 Å². The second-order valence-corrected chi connectivity index (χ2v) is 4.08. The van der Waals surface area contributed by atoms with E-state index in [0.717, 1.165) is 11.5 Å². The predicted molar refractivity (Wildman–Crippen MR) is 58.0 cm³/mol. The van der Waals surface area contributed by atoms with E-state index in [0.29, 0.717) is 16.4 Å². The molecule has 0 fully saturated rings. The lowest BCUT2D eigenvalue weighted by Crippen LogP contribution is -2.16. The molecule has 18 heavy (non-hydrogen) atoms. The molecule has 0 amide bonds. The van der Waals surface area contributed by atoms with E-state index in [1.54, 1.807) is 0 Å². The lowest BCUT2D eigenvalue weighted by molar-refractivity contribution is -0.274. The lowest BCUT2D eigenvalue weighted by atomic mass is 10.2. The SMILES string of the molecule is OCc1nc(-c2ccc(OC(F)(F)F)cc2)ns1. The van der Waals surface area contributed by atoms with Gasteiger partial charge < -0.3 is 9.84 Å². The second kappa shape index (κ2) is 4.91. The first-order valence-electron chi connectivity index (χ1n) is 4.77. The Morgan fingerprint density at radius 1 is 1.22 bits per heavy atom. The van der Waals surface area contributed by atoms with Crippen LogP contribution in [0.25, 0.3) is 11.4 Å². The molecule has 0 atom stereocenters. The van der Waals surface area contributed by atoms with Crippen LogP contribution in [-0.4, -0.2) is 20.8 Å². The van der Waals surface area contributed by atoms with Gasteiger partial charge in [-0.3, -0.25) is 0 Å². The number of hydrogen-bond acceptors (Lipinski definition) is 5. The van der Waals surface area contributed by atoms with Crippen molar-refractivity contribution in [3.8, 4) is 17.1 Å². The Morgan fingerprint density at radius 3 is 2.39 bits per heavy atom. The Kier molecular flexibility index (Phi) is 3.48. The van der Waals surface area contributed by atoms with Gasteiger partial charge in [0.25, 0.3) is 0 Å². The highest BCUT2D eigenvalue weighted by molar-refractivity contribution is 7.05. The zero-order valence-electron chi connectivity index (χ0n) is 8.81. The molecule has 1 aromatic heterocycles. The predicted octanol–water partition coefficient (Wildman–Crippen LogP) is 2.60. The summed E-state index contributed by atoms with van der Waals surface area (Å²) in [5.74, 6) is 0.0615. The minimum absolute atomic E-state index is 0.215. The van der Waals surface area contributed by atoms with E-state index in [9.17, 15) is 13.2 Å². The van der Waals surface area contributed by atoms with E-state index in [2.05, 4.69) is 14.1 Å². The van der Waals surface area contributed by atoms with Gasteiger partial charge in [0.05, 0.1) is 6.61 Å². The summed E-state index contributed by atoms with van der Waals surface area (Å²) in [6, 6.07) is 5.21. The fourth-order valence-electron chi connectivity index (χ4n) is 1.24. The van der Waals surface area contributed by atoms with Gasteiger partial charge in [-0.15, -0.1) is 13.2 Å². The molecule has 0 aliphatic carbocycles. The van der Waals surface area contributed by atoms with E-state index < -0.39 is 6.36 Å². The molecule has 1 N–H and O–H groups in total. The number of ether oxygens (including phenoxy) is 1. The minimum Gasteiger partial charge on any atom is -0.406 e. The number of nitrogens with zero attached hydrogens (tertiary/aromatic N) is 2. The third kappa shape index (κ3) is 3.17. The van der Waals surface area contributed by atoms with Gasteiger partial charge >= 0.3 is 6.36 Å². The first-order valence-corrected chi connectivity index (χ1v) is 5.55. The summed E-state index contributed by atoms with van der Waals surface area (Å²) in [7, 11) is 0. The van der Waals surface area contributed by atoms with Crippen LogP contribution < -0.4 is 4.74 Å². The summed E-state index contributed by atoms with van der Waals surface area (Å²) >= 11 is 1.04. The highest BCUT2D eigenvalue weighted by Gasteiger charge is 2.30. The molecule has 2 aromatic rings. The number of halogens is 3. The van der Waals surface area contributed by atoms with E-state index in [4.69, 9.17) is 5.11 Å². The molecular formula is C10H7F3N2O2S. The summed E-state index contributed by atoms with van der Waals surface area (Å²) < 4.78 is 43.5. The van der Waals surface area contributed by atoms with Crippen LogP contribution in [0.3, 0.4) is 0 Å². The molecule has 1 heterocycles. The molecule has 0 unspecified atom stereocenters. The third-order valence-corrected chi connectivity index (χ3v) is 2.64. The first-order chi connectivity index (χ1) is 8.48. The number of benzene rings is 1. The van der Waals surface area contributed by atoms with Crippen molar-refractivity contribution in [3.05, 3.63) is 29.3 Å². The zero-order valence-corrected chi connectivity index (χ0v) is 9.63. The normalized spacial score (nSPS) is 11.6. The van der Waals surface area contributed by atoms with Gasteiger partial charge in [-0.1, -0.05) is 0 Å². The van der Waals surface area contributed by atoms with Crippen molar-refractivity contribution in [2.45, 2.75) is 13.0 Å². The minimum atomic E-state index is -4.70. The maximum absolute atomic E-state index is 11.9. The Labute approximate surface area is 104 Å². The number of aliphatic hydroxyl groups is 1. The van der Waals surface area contributed by atoms with Crippen LogP contribution in [-0.2, 0) is 6.61 Å². The van der Waals surface area contributed by atoms with E-state index in [1.165, 1.54) is 24.3 Å². The summed E-state index contributed by atoms with van der Waals surface area (Å²) in [6.45, 7) is -0.215. The molecule has 0 aliphatic heterocycles. The smallest absolute Gasteiger partial charge is 0.406 e. The van der Waals surface area contributed by atoms with Crippen molar-refractivity contribution in [2.24, 2.45) is 0 Å². The summed E-state index contributed by atoms with van der Waals surface area (Å²) in [6.07, 6.45) is -4.70. The van der Waals surface area contributed by atoms with Gasteiger partial charge in [-0.25, -0.2) is 4.98 Å². The molecule has 8 heteroatoms. The highest BCUT2D eigenvalue weighted by Crippen LogP contribution is 2.25. The van der Waals surface area contributed by atoms with E-state index >= 15 is 0 Å². The van der Waals surface area contributed by atoms with Crippen LogP contribution in [0.2, 0.25) is 0 Å². The molecule has 0 bridgehead atoms. The Hall–Kier alpha value is -1.67. The largest absolute Gasteiger partial charge is 0.573 e. The second-order valence-electron chi connectivity index (χ2n) is 3.24. The van der Waals surface area contributed by atoms with E-state index in [-0.39, 0.29) is 12.4 Å². The monoisotopic (exact) mass is 276 g/mol. The highest BCUT2D eigenvalue weighted by atomic mass is 32.1. The maximum Gasteiger partial charge on any atom is 0.573 e. The number of rotatable bonds is 3. The van der Waals surface area contributed by atoms with Crippen LogP contribution in [0.15, 0.2) is 24.3 Å². The molecule has 1 aromatic carbocycles. The van der Waals surface area contributed by atoms with Gasteiger partial charge in [0.15, 0.2) is 5.82 Å². The van der Waals surface area contributed by atoms with Crippen LogP contribution in [0, 0.1) is 0 Å². The van der Waals surface area contributed by atoms with Gasteiger partial charge in [0.1, 0.15) is 10.8 Å². The Balaban J connectivity index is 2.17. The van der Waals surface area contributed by atoms with Crippen LogP contribution in [0.1, 0.15) is 5.01 Å². The van der Waals surface area contributed by atoms with Crippen LogP contribution in [0.4, 0.5) is 13.2 Å². The Bertz CT molecular complexity index is 525. The Morgan fingerprint density at radius 2 is 1.89 bits per heavy atom. The summed E-state index contributed by atoms with van der Waals surface area (Å²) in [5, 5.41) is 9.28. The van der Waals surface area contributed by atoms with Gasteiger partial charge in [0, 0.05) is 5.56 Å². The topological polar surface area (TPSA) is 55.2 Å². The van der Waals surface area contributed by atoms with Crippen molar-refractivity contribution in [3.63, 3.8) is 0 Å². The molecule has 0 saturated carbocycles. The molecule has 0 radical (unpaired) electrons. The fourth-order valence-corrected chi connectivity index (χ4v) is 1.77. The quantitative estimate of drug-likeness (QED) is 0.936.